The Bertz CT molecular complexity index is 768. The first-order valence-corrected chi connectivity index (χ1v) is 10.3. The van der Waals surface area contributed by atoms with E-state index in [1.807, 2.05) is 17.0 Å². The van der Waals surface area contributed by atoms with Gasteiger partial charge < -0.3 is 4.90 Å². The molecule has 2 heterocycles. The largest absolute Gasteiger partial charge is 0.337 e. The van der Waals surface area contributed by atoms with Crippen LogP contribution in [0.4, 0.5) is 0 Å². The van der Waals surface area contributed by atoms with E-state index in [0.717, 1.165) is 44.8 Å². The fourth-order valence-electron chi connectivity index (χ4n) is 3.09. The predicted molar refractivity (Wildman–Crippen MR) is 108 cm³/mol. The summed E-state index contributed by atoms with van der Waals surface area (Å²) in [6.45, 7) is 10.8. The van der Waals surface area contributed by atoms with Crippen molar-refractivity contribution in [2.45, 2.75) is 39.2 Å². The molecule has 1 aromatic carbocycles. The summed E-state index contributed by atoms with van der Waals surface area (Å²) >= 11 is 7.93. The molecule has 1 fully saturated rings. The molecule has 0 bridgehead atoms. The lowest BCUT2D eigenvalue weighted by molar-refractivity contribution is 0.0761. The van der Waals surface area contributed by atoms with Crippen LogP contribution in [-0.2, 0) is 12.0 Å². The second-order valence-corrected chi connectivity index (χ2v) is 9.06. The average molecular weight is 392 g/mol. The monoisotopic (exact) mass is 391 g/mol. The topological polar surface area (TPSA) is 36.4 Å². The van der Waals surface area contributed by atoms with Gasteiger partial charge in [0.05, 0.1) is 21.3 Å². The van der Waals surface area contributed by atoms with Gasteiger partial charge in [-0.3, -0.25) is 9.69 Å². The zero-order valence-corrected chi connectivity index (χ0v) is 17.2. The number of carbonyl (C=O) groups excluding carboxylic acids is 1. The zero-order chi connectivity index (χ0) is 18.7. The Labute approximate surface area is 164 Å². The molecule has 1 amide bonds. The minimum Gasteiger partial charge on any atom is -0.337 e. The highest BCUT2D eigenvalue weighted by molar-refractivity contribution is 7.09. The van der Waals surface area contributed by atoms with Crippen molar-refractivity contribution in [3.63, 3.8) is 0 Å². The summed E-state index contributed by atoms with van der Waals surface area (Å²) in [7, 11) is 0. The van der Waals surface area contributed by atoms with E-state index in [1.54, 1.807) is 23.5 Å². The number of hydrogen-bond acceptors (Lipinski definition) is 4. The van der Waals surface area contributed by atoms with Crippen LogP contribution in [0.1, 0.15) is 48.3 Å². The van der Waals surface area contributed by atoms with Crippen LogP contribution in [0.5, 0.6) is 0 Å². The lowest BCUT2D eigenvalue weighted by Crippen LogP contribution is -2.35. The SMILES string of the molecule is CC(C)(C)c1nc(CN2CCCN(C(=O)c3ccccc3Cl)CC2)cs1. The molecule has 3 rings (SSSR count). The molecule has 2 aromatic rings. The van der Waals surface area contributed by atoms with Gasteiger partial charge in [0, 0.05) is 43.5 Å². The van der Waals surface area contributed by atoms with Gasteiger partial charge in [0.2, 0.25) is 0 Å². The van der Waals surface area contributed by atoms with E-state index >= 15 is 0 Å². The van der Waals surface area contributed by atoms with Gasteiger partial charge in [-0.05, 0) is 18.6 Å². The summed E-state index contributed by atoms with van der Waals surface area (Å²) < 4.78 is 0. The number of aromatic nitrogens is 1. The number of thiazole rings is 1. The van der Waals surface area contributed by atoms with Crippen molar-refractivity contribution in [3.05, 3.63) is 50.9 Å². The summed E-state index contributed by atoms with van der Waals surface area (Å²) in [6.07, 6.45) is 0.965. The second kappa shape index (κ2) is 8.07. The third-order valence-electron chi connectivity index (χ3n) is 4.56. The Kier molecular flexibility index (Phi) is 6.00. The Hall–Kier alpha value is -1.43. The first kappa shape index (κ1) is 19.3. The van der Waals surface area contributed by atoms with E-state index in [1.165, 1.54) is 5.01 Å². The standard InChI is InChI=1S/C20H26ClN3OS/c1-20(2,3)19-22-15(14-26-19)13-23-9-6-10-24(12-11-23)18(25)16-7-4-5-8-17(16)21/h4-5,7-8,14H,6,9-13H2,1-3H3. The predicted octanol–water partition coefficient (Wildman–Crippen LogP) is 4.44. The van der Waals surface area contributed by atoms with Crippen LogP contribution in [0.15, 0.2) is 29.6 Å². The summed E-state index contributed by atoms with van der Waals surface area (Å²) in [5, 5.41) is 3.87. The van der Waals surface area contributed by atoms with Crippen LogP contribution in [-0.4, -0.2) is 46.9 Å². The molecule has 0 spiro atoms. The van der Waals surface area contributed by atoms with Gasteiger partial charge in [0.25, 0.3) is 5.91 Å². The van der Waals surface area contributed by atoms with Crippen molar-refractivity contribution in [3.8, 4) is 0 Å². The lowest BCUT2D eigenvalue weighted by atomic mass is 9.98. The third kappa shape index (κ3) is 4.64. The molecule has 0 atom stereocenters. The molecule has 1 aliphatic heterocycles. The Morgan fingerprint density at radius 3 is 2.65 bits per heavy atom. The normalized spacial score (nSPS) is 16.5. The average Bonchev–Trinajstić information content (AvgIpc) is 2.94. The number of halogens is 1. The van der Waals surface area contributed by atoms with Crippen molar-refractivity contribution in [2.24, 2.45) is 0 Å². The van der Waals surface area contributed by atoms with E-state index in [4.69, 9.17) is 16.6 Å². The molecule has 140 valence electrons. The zero-order valence-electron chi connectivity index (χ0n) is 15.7. The molecule has 1 saturated heterocycles. The van der Waals surface area contributed by atoms with E-state index < -0.39 is 0 Å². The molecular formula is C20H26ClN3OS. The Balaban J connectivity index is 1.61. The third-order valence-corrected chi connectivity index (χ3v) is 6.21. The van der Waals surface area contributed by atoms with Crippen molar-refractivity contribution < 1.29 is 4.79 Å². The highest BCUT2D eigenvalue weighted by Gasteiger charge is 2.23. The van der Waals surface area contributed by atoms with Gasteiger partial charge >= 0.3 is 0 Å². The molecule has 6 heteroatoms. The Morgan fingerprint density at radius 2 is 1.96 bits per heavy atom. The molecule has 1 aromatic heterocycles. The smallest absolute Gasteiger partial charge is 0.255 e. The van der Waals surface area contributed by atoms with Gasteiger partial charge in [0.1, 0.15) is 0 Å². The number of amides is 1. The number of carbonyl (C=O) groups is 1. The maximum Gasteiger partial charge on any atom is 0.255 e. The van der Waals surface area contributed by atoms with Gasteiger partial charge in [-0.15, -0.1) is 11.3 Å². The van der Waals surface area contributed by atoms with Gasteiger partial charge in [-0.2, -0.15) is 0 Å². The van der Waals surface area contributed by atoms with Crippen LogP contribution in [0, 0.1) is 0 Å². The van der Waals surface area contributed by atoms with E-state index in [2.05, 4.69) is 31.1 Å². The van der Waals surface area contributed by atoms with Crippen LogP contribution < -0.4 is 0 Å². The van der Waals surface area contributed by atoms with E-state index in [0.29, 0.717) is 10.6 Å². The minimum atomic E-state index is 0.0288. The van der Waals surface area contributed by atoms with Crippen LogP contribution in [0.2, 0.25) is 5.02 Å². The van der Waals surface area contributed by atoms with Gasteiger partial charge in [-0.1, -0.05) is 44.5 Å². The van der Waals surface area contributed by atoms with Crippen LogP contribution in [0.25, 0.3) is 0 Å². The summed E-state index contributed by atoms with van der Waals surface area (Å²) in [5.74, 6) is 0.0288. The molecular weight excluding hydrogens is 366 g/mol. The van der Waals surface area contributed by atoms with E-state index in [-0.39, 0.29) is 11.3 Å². The maximum absolute atomic E-state index is 12.8. The molecule has 0 unspecified atom stereocenters. The second-order valence-electron chi connectivity index (χ2n) is 7.80. The fourth-order valence-corrected chi connectivity index (χ4v) is 4.21. The molecule has 26 heavy (non-hydrogen) atoms. The van der Waals surface area contributed by atoms with Crippen LogP contribution in [0.3, 0.4) is 0 Å². The molecule has 0 N–H and O–H groups in total. The van der Waals surface area contributed by atoms with Crippen molar-refractivity contribution >= 4 is 28.8 Å². The summed E-state index contributed by atoms with van der Waals surface area (Å²) in [4.78, 5) is 21.9. The Morgan fingerprint density at radius 1 is 1.19 bits per heavy atom. The van der Waals surface area contributed by atoms with Gasteiger partial charge in [0.15, 0.2) is 0 Å². The number of nitrogens with zero attached hydrogens (tertiary/aromatic N) is 3. The van der Waals surface area contributed by atoms with E-state index in [9.17, 15) is 4.79 Å². The maximum atomic E-state index is 12.8. The first-order valence-electron chi connectivity index (χ1n) is 9.05. The molecule has 0 aliphatic carbocycles. The summed E-state index contributed by atoms with van der Waals surface area (Å²) in [6, 6.07) is 7.28. The molecule has 1 aliphatic rings. The highest BCUT2D eigenvalue weighted by Crippen LogP contribution is 2.26. The molecule has 4 nitrogen and oxygen atoms in total. The van der Waals surface area contributed by atoms with Crippen molar-refractivity contribution in [2.75, 3.05) is 26.2 Å². The van der Waals surface area contributed by atoms with Gasteiger partial charge in [-0.25, -0.2) is 4.98 Å². The molecule has 0 saturated carbocycles. The quantitative estimate of drug-likeness (QED) is 0.775. The fraction of sp³-hybridized carbons (Fsp3) is 0.500. The number of benzene rings is 1. The summed E-state index contributed by atoms with van der Waals surface area (Å²) in [5.41, 5.74) is 1.82. The lowest BCUT2D eigenvalue weighted by Gasteiger charge is -2.22. The number of rotatable bonds is 3. The van der Waals surface area contributed by atoms with Crippen molar-refractivity contribution in [1.82, 2.24) is 14.8 Å². The number of hydrogen-bond donors (Lipinski definition) is 0. The van der Waals surface area contributed by atoms with Crippen molar-refractivity contribution in [1.29, 1.82) is 0 Å². The molecule has 0 radical (unpaired) electrons. The minimum absolute atomic E-state index is 0.0288. The van der Waals surface area contributed by atoms with Crippen LogP contribution >= 0.6 is 22.9 Å². The highest BCUT2D eigenvalue weighted by atomic mass is 35.5. The first-order chi connectivity index (χ1) is 12.3.